The molecule has 0 spiro atoms. The molecule has 9 aromatic carbocycles. The van der Waals surface area contributed by atoms with Crippen LogP contribution >= 0.6 is 0 Å². The highest BCUT2D eigenvalue weighted by atomic mass is 16.5. The molecule has 0 bridgehead atoms. The number of hydrogen-bond acceptors (Lipinski definition) is 3. The van der Waals surface area contributed by atoms with Gasteiger partial charge in [0.25, 0.3) is 0 Å². The van der Waals surface area contributed by atoms with Gasteiger partial charge in [0, 0.05) is 61.7 Å². The topological polar surface area (TPSA) is 15.7 Å². The van der Waals surface area contributed by atoms with E-state index in [2.05, 4.69) is 256 Å². The van der Waals surface area contributed by atoms with Crippen molar-refractivity contribution < 1.29 is 4.74 Å². The molecule has 3 nitrogen and oxygen atoms in total. The molecule has 0 N–H and O–H groups in total. The number of nitrogens with zero attached hydrogens (tertiary/aromatic N) is 2. The maximum atomic E-state index is 7.01. The fourth-order valence-electron chi connectivity index (χ4n) is 13.2. The summed E-state index contributed by atoms with van der Waals surface area (Å²) in [5.41, 5.74) is 25.1. The van der Waals surface area contributed by atoms with Gasteiger partial charge in [0.15, 0.2) is 0 Å². The summed E-state index contributed by atoms with van der Waals surface area (Å²) in [5, 5.41) is 2.25. The fourth-order valence-corrected chi connectivity index (χ4v) is 13.2. The SMILES string of the molecule is CC1(C)C2=C(C=CCC2)c2cccc(-c3ccc(N(c4ccc(-c5cccc6c5C(C)(C)c5ccccc5-6)cc4)c4ccc5c6c(cccc46)-c4ccc(N(C6=CCCC=C6)c6ccccc6)cc4O5)cc3)c21. The zero-order valence-corrected chi connectivity index (χ0v) is 41.9. The van der Waals surface area contributed by atoms with E-state index >= 15 is 0 Å². The summed E-state index contributed by atoms with van der Waals surface area (Å²) < 4.78 is 7.01. The van der Waals surface area contributed by atoms with Crippen LogP contribution in [0, 0.1) is 0 Å². The minimum absolute atomic E-state index is 0.0352. The molecule has 0 radical (unpaired) electrons. The molecule has 0 atom stereocenters. The van der Waals surface area contributed by atoms with Crippen LogP contribution in [0.25, 0.3) is 60.9 Å². The lowest BCUT2D eigenvalue weighted by Gasteiger charge is -2.31. The lowest BCUT2D eigenvalue weighted by Crippen LogP contribution is -2.19. The molecule has 3 heteroatoms. The van der Waals surface area contributed by atoms with Gasteiger partial charge in [-0.1, -0.05) is 179 Å². The number of fused-ring (bicyclic) bond motifs is 7. The first kappa shape index (κ1) is 43.4. The van der Waals surface area contributed by atoms with E-state index in [1.165, 1.54) is 72.5 Å². The molecule has 5 aliphatic rings. The van der Waals surface area contributed by atoms with Crippen LogP contribution in [0.15, 0.2) is 230 Å². The van der Waals surface area contributed by atoms with Crippen LogP contribution in [0.4, 0.5) is 28.4 Å². The molecule has 1 aliphatic heterocycles. The van der Waals surface area contributed by atoms with Gasteiger partial charge in [-0.05, 0) is 159 Å². The van der Waals surface area contributed by atoms with Crippen LogP contribution in [-0.2, 0) is 10.8 Å². The molecule has 4 aliphatic carbocycles. The minimum atomic E-state index is -0.119. The summed E-state index contributed by atoms with van der Waals surface area (Å²) in [6.45, 7) is 9.59. The van der Waals surface area contributed by atoms with Crippen LogP contribution in [-0.4, -0.2) is 0 Å². The molecule has 0 saturated carbocycles. The van der Waals surface area contributed by atoms with E-state index in [4.69, 9.17) is 4.74 Å². The second kappa shape index (κ2) is 16.6. The quantitative estimate of drug-likeness (QED) is 0.151. The Bertz CT molecular complexity index is 3860. The van der Waals surface area contributed by atoms with Crippen molar-refractivity contribution in [3.05, 3.63) is 252 Å². The Morgan fingerprint density at radius 2 is 1.04 bits per heavy atom. The number of ether oxygens (including phenoxy) is 1. The van der Waals surface area contributed by atoms with Crippen molar-refractivity contribution in [2.75, 3.05) is 9.80 Å². The van der Waals surface area contributed by atoms with E-state index in [0.29, 0.717) is 0 Å². The number of rotatable bonds is 8. The minimum Gasteiger partial charge on any atom is -0.456 e. The van der Waals surface area contributed by atoms with Crippen molar-refractivity contribution in [3.63, 3.8) is 0 Å². The summed E-state index contributed by atoms with van der Waals surface area (Å²) >= 11 is 0. The van der Waals surface area contributed by atoms with E-state index in [-0.39, 0.29) is 10.8 Å². The van der Waals surface area contributed by atoms with Crippen LogP contribution in [0.1, 0.15) is 75.6 Å². The van der Waals surface area contributed by atoms with Gasteiger partial charge in [-0.25, -0.2) is 0 Å². The van der Waals surface area contributed by atoms with Gasteiger partial charge in [0.05, 0.1) is 5.69 Å². The van der Waals surface area contributed by atoms with Gasteiger partial charge in [-0.2, -0.15) is 0 Å². The third kappa shape index (κ3) is 6.71. The van der Waals surface area contributed by atoms with Gasteiger partial charge in [-0.3, -0.25) is 0 Å². The third-order valence-corrected chi connectivity index (χ3v) is 16.6. The van der Waals surface area contributed by atoms with Crippen LogP contribution in [0.5, 0.6) is 11.5 Å². The van der Waals surface area contributed by atoms with Gasteiger partial charge in [-0.15, -0.1) is 0 Å². The molecule has 1 heterocycles. The summed E-state index contributed by atoms with van der Waals surface area (Å²) in [5.74, 6) is 1.72. The second-order valence-corrected chi connectivity index (χ2v) is 21.4. The van der Waals surface area contributed by atoms with Crippen molar-refractivity contribution in [2.45, 2.75) is 64.2 Å². The second-order valence-electron chi connectivity index (χ2n) is 21.4. The van der Waals surface area contributed by atoms with Crippen molar-refractivity contribution >= 4 is 44.8 Å². The largest absolute Gasteiger partial charge is 0.456 e. The van der Waals surface area contributed by atoms with Gasteiger partial charge < -0.3 is 14.5 Å². The maximum Gasteiger partial charge on any atom is 0.137 e. The normalized spacial score (nSPS) is 16.0. The summed E-state index contributed by atoms with van der Waals surface area (Å²) in [6, 6.07) is 69.7. The summed E-state index contributed by atoms with van der Waals surface area (Å²) in [6.07, 6.45) is 15.9. The lowest BCUT2D eigenvalue weighted by molar-refractivity contribution is 0.487. The molecule has 0 saturated heterocycles. The number of allylic oxidation sites excluding steroid dienone is 7. The first-order valence-electron chi connectivity index (χ1n) is 26.1. The molecule has 14 rings (SSSR count). The van der Waals surface area contributed by atoms with E-state index < -0.39 is 0 Å². The Hall–Kier alpha value is -8.40. The number of hydrogen-bond donors (Lipinski definition) is 0. The lowest BCUT2D eigenvalue weighted by atomic mass is 9.76. The molecule has 9 aromatic rings. The molecule has 352 valence electrons. The predicted octanol–water partition coefficient (Wildman–Crippen LogP) is 19.5. The highest BCUT2D eigenvalue weighted by Crippen LogP contribution is 2.56. The Morgan fingerprint density at radius 1 is 0.425 bits per heavy atom. The maximum absolute atomic E-state index is 7.01. The van der Waals surface area contributed by atoms with Gasteiger partial charge in [0.2, 0.25) is 0 Å². The van der Waals surface area contributed by atoms with E-state index in [1.54, 1.807) is 5.57 Å². The number of benzene rings is 9. The van der Waals surface area contributed by atoms with Crippen molar-refractivity contribution in [3.8, 4) is 56.0 Å². The molecule has 73 heavy (non-hydrogen) atoms. The molecule has 0 aromatic heterocycles. The molecule has 0 fully saturated rings. The van der Waals surface area contributed by atoms with Gasteiger partial charge in [0.1, 0.15) is 11.5 Å². The molecule has 0 amide bonds. The highest BCUT2D eigenvalue weighted by molar-refractivity contribution is 6.11. The van der Waals surface area contributed by atoms with E-state index in [9.17, 15) is 0 Å². The zero-order chi connectivity index (χ0) is 49.0. The molecular formula is C70H56N2O. The average molecular weight is 941 g/mol. The highest BCUT2D eigenvalue weighted by Gasteiger charge is 2.40. The van der Waals surface area contributed by atoms with Crippen LogP contribution in [0.3, 0.4) is 0 Å². The van der Waals surface area contributed by atoms with E-state index in [1.807, 2.05) is 0 Å². The standard InChI is InChI=1S/C70H56N2O/c1-69(2)61-30-13-11-22-54(61)58-27-15-24-52(67(58)69)45-32-36-49(37-33-45)72(50-38-34-46(35-39-50)53-25-16-28-59-55-23-12-14-31-62(55)70(3,4)68(53)59)63-42-43-64-66-57(26-17-29-60(63)66)56-41-40-51(44-65(56)73-64)71(47-18-7-5-8-19-47)48-20-9-6-10-21-48/h5,7-9,11-13,15-30,32-44H,6,10,14,31H2,1-4H3. The number of para-hydroxylation sites is 1. The Balaban J connectivity index is 0.891. The number of anilines is 5. The van der Waals surface area contributed by atoms with Crippen molar-refractivity contribution in [1.82, 2.24) is 0 Å². The van der Waals surface area contributed by atoms with Crippen LogP contribution < -0.4 is 14.5 Å². The third-order valence-electron chi connectivity index (χ3n) is 16.6. The first-order chi connectivity index (χ1) is 35.7. The molecule has 0 unspecified atom stereocenters. The average Bonchev–Trinajstić information content (AvgIpc) is 3.83. The molecular weight excluding hydrogens is 885 g/mol. The van der Waals surface area contributed by atoms with E-state index in [0.717, 1.165) is 82.0 Å². The Kier molecular flexibility index (Phi) is 9.86. The van der Waals surface area contributed by atoms with Crippen molar-refractivity contribution in [2.24, 2.45) is 0 Å². The summed E-state index contributed by atoms with van der Waals surface area (Å²) in [7, 11) is 0. The van der Waals surface area contributed by atoms with Crippen LogP contribution in [0.2, 0.25) is 0 Å². The monoisotopic (exact) mass is 940 g/mol. The van der Waals surface area contributed by atoms with Crippen molar-refractivity contribution in [1.29, 1.82) is 0 Å². The smallest absolute Gasteiger partial charge is 0.137 e. The zero-order valence-electron chi connectivity index (χ0n) is 41.9. The Labute approximate surface area is 429 Å². The Morgan fingerprint density at radius 3 is 1.78 bits per heavy atom. The summed E-state index contributed by atoms with van der Waals surface area (Å²) in [4.78, 5) is 4.78. The first-order valence-corrected chi connectivity index (χ1v) is 26.1. The fraction of sp³-hybridized carbons (Fsp3) is 0.143. The van der Waals surface area contributed by atoms with Gasteiger partial charge >= 0.3 is 0 Å². The predicted molar refractivity (Wildman–Crippen MR) is 306 cm³/mol.